The molecular weight excluding hydrogens is 420 g/mol. The smallest absolute Gasteiger partial charge is 0.252 e. The van der Waals surface area contributed by atoms with Gasteiger partial charge in [0.2, 0.25) is 0 Å². The van der Waals surface area contributed by atoms with Crippen molar-refractivity contribution in [2.75, 3.05) is 56.4 Å². The van der Waals surface area contributed by atoms with Crippen LogP contribution >= 0.6 is 0 Å². The van der Waals surface area contributed by atoms with Gasteiger partial charge in [-0.05, 0) is 25.1 Å². The number of hydrogen-bond acceptors (Lipinski definition) is 6. The Morgan fingerprint density at radius 3 is 2.52 bits per heavy atom. The van der Waals surface area contributed by atoms with E-state index in [4.69, 9.17) is 14.2 Å². The van der Waals surface area contributed by atoms with Gasteiger partial charge in [0.05, 0.1) is 44.0 Å². The van der Waals surface area contributed by atoms with E-state index in [2.05, 4.69) is 14.9 Å². The third-order valence-electron chi connectivity index (χ3n) is 4.40. The van der Waals surface area contributed by atoms with Crippen LogP contribution in [0.5, 0.6) is 5.75 Å². The molecule has 0 saturated heterocycles. The van der Waals surface area contributed by atoms with Crippen molar-refractivity contribution in [2.24, 2.45) is 0 Å². The molecule has 8 heteroatoms. The lowest BCUT2D eigenvalue weighted by Crippen LogP contribution is -2.35. The molecule has 1 aliphatic heterocycles. The van der Waals surface area contributed by atoms with Crippen LogP contribution < -0.4 is 14.5 Å². The normalized spacial score (nSPS) is 11.3. The van der Waals surface area contributed by atoms with Crippen LogP contribution in [0, 0.1) is 0 Å². The van der Waals surface area contributed by atoms with Crippen LogP contribution in [-0.4, -0.2) is 62.5 Å². The van der Waals surface area contributed by atoms with Crippen molar-refractivity contribution in [3.05, 3.63) is 36.4 Å². The summed E-state index contributed by atoms with van der Waals surface area (Å²) in [7, 11) is 1.60. The lowest BCUT2D eigenvalue weighted by Gasteiger charge is -2.32. The maximum absolute atomic E-state index is 12.5. The van der Waals surface area contributed by atoms with Gasteiger partial charge in [0.1, 0.15) is 19.0 Å². The molecule has 0 unspecified atom stereocenters. The number of anilines is 2. The van der Waals surface area contributed by atoms with Gasteiger partial charge in [-0.1, -0.05) is 41.5 Å². The van der Waals surface area contributed by atoms with E-state index in [1.807, 2.05) is 72.9 Å². The summed E-state index contributed by atoms with van der Waals surface area (Å²) in [5.41, 5.74) is 2.83. The number of fused-ring (bicyclic) bond motifs is 1. The van der Waals surface area contributed by atoms with Gasteiger partial charge < -0.3 is 29.0 Å². The minimum Gasteiger partial charge on any atom is -0.490 e. The van der Waals surface area contributed by atoms with Crippen LogP contribution in [0.15, 0.2) is 30.7 Å². The number of aromatic nitrogens is 2. The summed E-state index contributed by atoms with van der Waals surface area (Å²) in [4.78, 5) is 23.7. The molecule has 0 aliphatic carbocycles. The molecule has 0 radical (unpaired) electrons. The lowest BCUT2D eigenvalue weighted by molar-refractivity contribution is -0.123. The molecule has 1 aromatic carbocycles. The molecule has 0 fully saturated rings. The Kier molecular flexibility index (Phi) is 17.5. The molecule has 8 nitrogen and oxygen atoms in total. The summed E-state index contributed by atoms with van der Waals surface area (Å²) in [5.74, 6) is 0.745. The molecule has 2 heterocycles. The third-order valence-corrected chi connectivity index (χ3v) is 4.40. The zero-order valence-corrected chi connectivity index (χ0v) is 21.8. The first-order valence-corrected chi connectivity index (χ1v) is 12.1. The fraction of sp³-hybridized carbons (Fsp3) is 0.600. The summed E-state index contributed by atoms with van der Waals surface area (Å²) in [6, 6.07) is 5.84. The summed E-state index contributed by atoms with van der Waals surface area (Å²) in [6.45, 7) is 17.5. The van der Waals surface area contributed by atoms with Gasteiger partial charge in [0, 0.05) is 25.5 Å². The summed E-state index contributed by atoms with van der Waals surface area (Å²) in [5, 5.41) is 0. The molecule has 1 aliphatic rings. The number of imidazole rings is 1. The predicted octanol–water partition coefficient (Wildman–Crippen LogP) is 4.90. The van der Waals surface area contributed by atoms with E-state index < -0.39 is 0 Å². The number of hydrogen-bond donors (Lipinski definition) is 1. The highest BCUT2D eigenvalue weighted by atomic mass is 16.5. The number of benzene rings is 1. The topological polar surface area (TPSA) is 79.9 Å². The molecule has 0 bridgehead atoms. The van der Waals surface area contributed by atoms with Crippen LogP contribution in [0.4, 0.5) is 11.4 Å². The number of nitrogens with one attached hydrogen (secondary N) is 1. The number of likely N-dealkylation sites (N-methyl/N-ethyl adjacent to an activating group) is 1. The van der Waals surface area contributed by atoms with Gasteiger partial charge in [0.25, 0.3) is 5.91 Å². The van der Waals surface area contributed by atoms with Gasteiger partial charge in [-0.3, -0.25) is 4.79 Å². The Morgan fingerprint density at radius 1 is 1.18 bits per heavy atom. The zero-order valence-electron chi connectivity index (χ0n) is 21.8. The quantitative estimate of drug-likeness (QED) is 0.532. The predicted molar refractivity (Wildman–Crippen MR) is 136 cm³/mol. The second-order valence-corrected chi connectivity index (χ2v) is 6.18. The highest BCUT2D eigenvalue weighted by Crippen LogP contribution is 2.36. The average molecular weight is 465 g/mol. The standard InChI is InChI=1S/C19H26N4O4.3C2H6/c1-3-23(19(24)13-26-9-8-25-2)16-4-5-18-17(10-16)22(6-7-27-18)12-15-11-20-14-21-15;3*1-2/h4-5,10-11,14H,3,6-9,12-13H2,1-2H3,(H,20,21);3*1-2H3. The van der Waals surface area contributed by atoms with Gasteiger partial charge in [-0.25, -0.2) is 4.98 Å². The summed E-state index contributed by atoms with van der Waals surface area (Å²) in [6.07, 6.45) is 3.49. The minimum atomic E-state index is -0.0783. The van der Waals surface area contributed by atoms with Gasteiger partial charge >= 0.3 is 0 Å². The van der Waals surface area contributed by atoms with Crippen molar-refractivity contribution < 1.29 is 19.0 Å². The minimum absolute atomic E-state index is 0.0304. The van der Waals surface area contributed by atoms with E-state index in [1.165, 1.54) is 0 Å². The van der Waals surface area contributed by atoms with Crippen LogP contribution in [0.3, 0.4) is 0 Å². The third kappa shape index (κ3) is 9.84. The molecule has 188 valence electrons. The van der Waals surface area contributed by atoms with Gasteiger partial charge in [0.15, 0.2) is 0 Å². The number of methoxy groups -OCH3 is 1. The average Bonchev–Trinajstić information content (AvgIpc) is 3.39. The maximum Gasteiger partial charge on any atom is 0.252 e. The maximum atomic E-state index is 12.5. The van der Waals surface area contributed by atoms with Crippen molar-refractivity contribution in [3.63, 3.8) is 0 Å². The zero-order chi connectivity index (χ0) is 25.1. The number of H-pyrrole nitrogens is 1. The first kappa shape index (κ1) is 30.4. The lowest BCUT2D eigenvalue weighted by atomic mass is 10.2. The molecule has 0 saturated carbocycles. The molecule has 0 atom stereocenters. The second kappa shape index (κ2) is 18.9. The molecule has 1 N–H and O–H groups in total. The number of ether oxygens (including phenoxy) is 3. The fourth-order valence-electron chi connectivity index (χ4n) is 3.05. The highest BCUT2D eigenvalue weighted by Gasteiger charge is 2.22. The summed E-state index contributed by atoms with van der Waals surface area (Å²) >= 11 is 0. The van der Waals surface area contributed by atoms with Crippen LogP contribution in [-0.2, 0) is 20.8 Å². The second-order valence-electron chi connectivity index (χ2n) is 6.18. The number of rotatable bonds is 9. The Bertz CT molecular complexity index is 738. The molecule has 1 aromatic heterocycles. The molecule has 33 heavy (non-hydrogen) atoms. The van der Waals surface area contributed by atoms with Crippen LogP contribution in [0.1, 0.15) is 54.2 Å². The molecule has 1 amide bonds. The van der Waals surface area contributed by atoms with Crippen molar-refractivity contribution in [1.82, 2.24) is 9.97 Å². The van der Waals surface area contributed by atoms with Crippen LogP contribution in [0.25, 0.3) is 0 Å². The van der Waals surface area contributed by atoms with E-state index in [1.54, 1.807) is 18.3 Å². The first-order valence-electron chi connectivity index (χ1n) is 12.1. The van der Waals surface area contributed by atoms with Crippen molar-refractivity contribution >= 4 is 17.3 Å². The highest BCUT2D eigenvalue weighted by molar-refractivity contribution is 5.95. The van der Waals surface area contributed by atoms with E-state index in [0.29, 0.717) is 32.9 Å². The molecule has 2 aromatic rings. The van der Waals surface area contributed by atoms with Crippen LogP contribution in [0.2, 0.25) is 0 Å². The summed E-state index contributed by atoms with van der Waals surface area (Å²) < 4.78 is 16.1. The molecule has 3 rings (SSSR count). The number of aromatic amines is 1. The van der Waals surface area contributed by atoms with Crippen molar-refractivity contribution in [1.29, 1.82) is 0 Å². The van der Waals surface area contributed by atoms with E-state index in [-0.39, 0.29) is 12.5 Å². The molecule has 0 spiro atoms. The Labute approximate surface area is 200 Å². The van der Waals surface area contributed by atoms with E-state index in [9.17, 15) is 4.79 Å². The van der Waals surface area contributed by atoms with Gasteiger partial charge in [-0.2, -0.15) is 0 Å². The number of amides is 1. The first-order chi connectivity index (χ1) is 16.2. The Morgan fingerprint density at radius 2 is 1.91 bits per heavy atom. The number of nitrogens with zero attached hydrogens (tertiary/aromatic N) is 3. The number of carbonyl (C=O) groups is 1. The monoisotopic (exact) mass is 464 g/mol. The van der Waals surface area contributed by atoms with E-state index >= 15 is 0 Å². The Hall–Kier alpha value is -2.58. The van der Waals surface area contributed by atoms with Gasteiger partial charge in [-0.15, -0.1) is 0 Å². The largest absolute Gasteiger partial charge is 0.490 e. The van der Waals surface area contributed by atoms with Crippen molar-refractivity contribution in [2.45, 2.75) is 55.0 Å². The fourth-order valence-corrected chi connectivity index (χ4v) is 3.05. The molecular formula is C25H44N4O4. The van der Waals surface area contributed by atoms with Crippen molar-refractivity contribution in [3.8, 4) is 5.75 Å². The number of carbonyl (C=O) groups excluding carboxylic acids is 1. The SMILES string of the molecule is CC.CC.CC.CCN(C(=O)COCCOC)c1ccc2c(c1)N(Cc1cnc[nH]1)CCO2. The van der Waals surface area contributed by atoms with E-state index in [0.717, 1.165) is 29.4 Å². The Balaban J connectivity index is 0.00000158.